The Labute approximate surface area is 227 Å². The molecule has 1 aromatic rings. The molecule has 0 bridgehead atoms. The van der Waals surface area contributed by atoms with E-state index in [9.17, 15) is 22.4 Å². The molecule has 2 aliphatic rings. The van der Waals surface area contributed by atoms with E-state index in [1.165, 1.54) is 11.0 Å². The van der Waals surface area contributed by atoms with E-state index >= 15 is 0 Å². The van der Waals surface area contributed by atoms with Crippen LogP contribution >= 0.6 is 0 Å². The van der Waals surface area contributed by atoms with E-state index < -0.39 is 23.7 Å². The van der Waals surface area contributed by atoms with Crippen LogP contribution in [0, 0.1) is 11.7 Å². The van der Waals surface area contributed by atoms with Gasteiger partial charge in [0.15, 0.2) is 21.4 Å². The van der Waals surface area contributed by atoms with Crippen molar-refractivity contribution < 1.29 is 31.9 Å². The molecule has 0 spiro atoms. The van der Waals surface area contributed by atoms with Gasteiger partial charge in [0, 0.05) is 21.2 Å². The standard InChI is InChI=1S/C27H43FN2O6SSi/c1-21(23-10-11-24(28)25(16-23)36-18-22-8-9-22)19-37(33,34)14-7-5-6-12-29-17-26(31)30(27(29)32)20-35-13-15-38(2,3)4/h10-11,16,21-22H,5-9,12-15,17-20H2,1-4H3/t21-/m0/s1. The van der Waals surface area contributed by atoms with Crippen molar-refractivity contribution in [2.75, 3.05) is 44.5 Å². The average molecular weight is 571 g/mol. The number of carbonyl (C=O) groups is 2. The lowest BCUT2D eigenvalue weighted by atomic mass is 10.0. The van der Waals surface area contributed by atoms with Crippen LogP contribution in [0.2, 0.25) is 25.7 Å². The summed E-state index contributed by atoms with van der Waals surface area (Å²) in [6.45, 7) is 10.0. The van der Waals surface area contributed by atoms with Gasteiger partial charge in [-0.05, 0) is 61.3 Å². The molecule has 0 unspecified atom stereocenters. The van der Waals surface area contributed by atoms with Crippen LogP contribution in [0.15, 0.2) is 18.2 Å². The number of ether oxygens (including phenoxy) is 2. The van der Waals surface area contributed by atoms with Gasteiger partial charge in [-0.15, -0.1) is 0 Å². The van der Waals surface area contributed by atoms with Crippen LogP contribution in [0.25, 0.3) is 0 Å². The number of nitrogens with zero attached hydrogens (tertiary/aromatic N) is 2. The lowest BCUT2D eigenvalue weighted by Gasteiger charge is -2.19. The molecule has 3 rings (SSSR count). The van der Waals surface area contributed by atoms with Gasteiger partial charge in [0.05, 0.1) is 18.1 Å². The van der Waals surface area contributed by atoms with Gasteiger partial charge in [-0.2, -0.15) is 0 Å². The van der Waals surface area contributed by atoms with Gasteiger partial charge in [-0.1, -0.05) is 39.1 Å². The summed E-state index contributed by atoms with van der Waals surface area (Å²) < 4.78 is 50.6. The van der Waals surface area contributed by atoms with Crippen LogP contribution in [0.5, 0.6) is 5.75 Å². The number of imide groups is 1. The molecule has 214 valence electrons. The highest BCUT2D eigenvalue weighted by atomic mass is 32.2. The maximum absolute atomic E-state index is 14.1. The molecule has 38 heavy (non-hydrogen) atoms. The second-order valence-electron chi connectivity index (χ2n) is 11.9. The third-order valence-electron chi connectivity index (χ3n) is 6.93. The predicted molar refractivity (Wildman–Crippen MR) is 148 cm³/mol. The molecule has 3 amide bonds. The van der Waals surface area contributed by atoms with Gasteiger partial charge < -0.3 is 14.4 Å². The molecule has 11 heteroatoms. The predicted octanol–water partition coefficient (Wildman–Crippen LogP) is 4.88. The number of sulfone groups is 1. The van der Waals surface area contributed by atoms with E-state index in [4.69, 9.17) is 9.47 Å². The minimum atomic E-state index is -3.31. The summed E-state index contributed by atoms with van der Waals surface area (Å²) in [6.07, 6.45) is 3.94. The Balaban J connectivity index is 1.35. The third-order valence-corrected chi connectivity index (χ3v) is 10.6. The molecular formula is C27H43FN2O6SSi. The number of unbranched alkanes of at least 4 members (excludes halogenated alkanes) is 2. The van der Waals surface area contributed by atoms with Crippen LogP contribution < -0.4 is 4.74 Å². The highest BCUT2D eigenvalue weighted by Gasteiger charge is 2.35. The van der Waals surface area contributed by atoms with Crippen LogP contribution in [0.3, 0.4) is 0 Å². The SMILES string of the molecule is C[C@@H](CS(=O)(=O)CCCCCN1CC(=O)N(COCC[Si](C)(C)C)C1=O)c1ccc(F)c(OCC2CC2)c1. The van der Waals surface area contributed by atoms with Gasteiger partial charge in [-0.25, -0.2) is 22.5 Å². The number of carbonyl (C=O) groups excluding carboxylic acids is 2. The second-order valence-corrected chi connectivity index (χ2v) is 19.7. The number of benzene rings is 1. The molecule has 8 nitrogen and oxygen atoms in total. The summed E-state index contributed by atoms with van der Waals surface area (Å²) in [5.41, 5.74) is 0.743. The summed E-state index contributed by atoms with van der Waals surface area (Å²) in [7, 11) is -4.55. The molecule has 0 radical (unpaired) electrons. The summed E-state index contributed by atoms with van der Waals surface area (Å²) in [5, 5.41) is 0. The first kappa shape index (κ1) is 30.6. The lowest BCUT2D eigenvalue weighted by Crippen LogP contribution is -2.35. The van der Waals surface area contributed by atoms with Gasteiger partial charge in [0.25, 0.3) is 5.91 Å². The topological polar surface area (TPSA) is 93.2 Å². The zero-order valence-electron chi connectivity index (χ0n) is 23.2. The number of halogens is 1. The van der Waals surface area contributed by atoms with Crippen LogP contribution in [0.4, 0.5) is 9.18 Å². The van der Waals surface area contributed by atoms with Crippen molar-refractivity contribution in [3.63, 3.8) is 0 Å². The quantitative estimate of drug-likeness (QED) is 0.151. The molecule has 1 saturated heterocycles. The van der Waals surface area contributed by atoms with Crippen molar-refractivity contribution in [2.24, 2.45) is 5.92 Å². The molecular weight excluding hydrogens is 527 g/mol. The van der Waals surface area contributed by atoms with Gasteiger partial charge >= 0.3 is 6.03 Å². The molecule has 0 N–H and O–H groups in total. The number of hydrogen-bond acceptors (Lipinski definition) is 6. The Hall–Kier alpha value is -1.98. The Bertz CT molecular complexity index is 1070. The molecule has 1 heterocycles. The minimum absolute atomic E-state index is 0.0166. The Kier molecular flexibility index (Phi) is 10.8. The molecule has 1 atom stereocenters. The Morgan fingerprint density at radius 1 is 1.13 bits per heavy atom. The van der Waals surface area contributed by atoms with Crippen molar-refractivity contribution in [3.05, 3.63) is 29.6 Å². The number of hydrogen-bond donors (Lipinski definition) is 0. The maximum Gasteiger partial charge on any atom is 0.329 e. The van der Waals surface area contributed by atoms with E-state index in [-0.39, 0.29) is 48.4 Å². The van der Waals surface area contributed by atoms with Crippen molar-refractivity contribution in [1.29, 1.82) is 0 Å². The third kappa shape index (κ3) is 9.96. The fourth-order valence-corrected chi connectivity index (χ4v) is 6.74. The lowest BCUT2D eigenvalue weighted by molar-refractivity contribution is -0.128. The van der Waals surface area contributed by atoms with Crippen LogP contribution in [0.1, 0.15) is 50.5 Å². The van der Waals surface area contributed by atoms with Gasteiger partial charge in [-0.3, -0.25) is 4.79 Å². The van der Waals surface area contributed by atoms with E-state index in [1.54, 1.807) is 12.1 Å². The first-order valence-corrected chi connectivity index (χ1v) is 19.2. The summed E-state index contributed by atoms with van der Waals surface area (Å²) in [4.78, 5) is 27.4. The smallest absolute Gasteiger partial charge is 0.329 e. The van der Waals surface area contributed by atoms with E-state index in [0.717, 1.165) is 29.3 Å². The monoisotopic (exact) mass is 570 g/mol. The summed E-state index contributed by atoms with van der Waals surface area (Å²) in [6, 6.07) is 5.20. The van der Waals surface area contributed by atoms with Crippen molar-refractivity contribution in [2.45, 2.75) is 70.6 Å². The van der Waals surface area contributed by atoms with Gasteiger partial charge in [0.1, 0.15) is 13.3 Å². The zero-order valence-corrected chi connectivity index (χ0v) is 25.0. The van der Waals surface area contributed by atoms with Crippen molar-refractivity contribution >= 4 is 29.8 Å². The molecule has 0 aromatic heterocycles. The first-order chi connectivity index (χ1) is 17.8. The normalized spacial score (nSPS) is 17.4. The van der Waals surface area contributed by atoms with Crippen LogP contribution in [-0.4, -0.2) is 82.8 Å². The maximum atomic E-state index is 14.1. The molecule has 1 aromatic carbocycles. The molecule has 2 fully saturated rings. The van der Waals surface area contributed by atoms with E-state index in [0.29, 0.717) is 44.9 Å². The fraction of sp³-hybridized carbons (Fsp3) is 0.704. The summed E-state index contributed by atoms with van der Waals surface area (Å²) >= 11 is 0. The van der Waals surface area contributed by atoms with E-state index in [2.05, 4.69) is 19.6 Å². The number of urea groups is 1. The number of amides is 3. The first-order valence-electron chi connectivity index (χ1n) is 13.6. The van der Waals surface area contributed by atoms with Crippen LogP contribution in [-0.2, 0) is 19.4 Å². The molecule has 1 saturated carbocycles. The van der Waals surface area contributed by atoms with Crippen molar-refractivity contribution in [1.82, 2.24) is 9.80 Å². The minimum Gasteiger partial charge on any atom is -0.490 e. The van der Waals surface area contributed by atoms with Crippen molar-refractivity contribution in [3.8, 4) is 5.75 Å². The Morgan fingerprint density at radius 3 is 2.55 bits per heavy atom. The Morgan fingerprint density at radius 2 is 1.87 bits per heavy atom. The molecule has 1 aliphatic carbocycles. The van der Waals surface area contributed by atoms with E-state index in [1.807, 2.05) is 6.92 Å². The van der Waals surface area contributed by atoms with Gasteiger partial charge in [0.2, 0.25) is 0 Å². The zero-order chi connectivity index (χ0) is 27.9. The average Bonchev–Trinajstić information content (AvgIpc) is 3.61. The fourth-order valence-electron chi connectivity index (χ4n) is 4.22. The summed E-state index contributed by atoms with van der Waals surface area (Å²) in [5.74, 6) is -0.263. The molecule has 1 aliphatic heterocycles. The number of rotatable bonds is 17. The largest absolute Gasteiger partial charge is 0.490 e. The highest BCUT2D eigenvalue weighted by molar-refractivity contribution is 7.91. The second kappa shape index (κ2) is 13.4. The highest BCUT2D eigenvalue weighted by Crippen LogP contribution is 2.31.